The van der Waals surface area contributed by atoms with E-state index in [4.69, 9.17) is 4.74 Å². The summed E-state index contributed by atoms with van der Waals surface area (Å²) in [7, 11) is 0. The number of hydrogen-bond donors (Lipinski definition) is 0. The van der Waals surface area contributed by atoms with Gasteiger partial charge >= 0.3 is 0 Å². The van der Waals surface area contributed by atoms with Crippen LogP contribution in [0.3, 0.4) is 0 Å². The lowest BCUT2D eigenvalue weighted by molar-refractivity contribution is -0.138. The molecule has 0 aromatic heterocycles. The second-order valence-electron chi connectivity index (χ2n) is 4.50. The molecule has 3 heteroatoms. The number of hydrogen-bond acceptors (Lipinski definition) is 2. The topological polar surface area (TPSA) is 29.5 Å². The summed E-state index contributed by atoms with van der Waals surface area (Å²) in [6, 6.07) is 0. The molecule has 0 aromatic rings. The largest absolute Gasteiger partial charge is 0.381 e. The molecule has 2 heterocycles. The van der Waals surface area contributed by atoms with Crippen LogP contribution in [0.25, 0.3) is 0 Å². The highest BCUT2D eigenvalue weighted by Gasteiger charge is 2.27. The summed E-state index contributed by atoms with van der Waals surface area (Å²) < 4.78 is 5.27. The first-order valence-electron chi connectivity index (χ1n) is 5.80. The molecule has 0 aromatic carbocycles. The number of amides is 1. The maximum atomic E-state index is 12.1. The highest BCUT2D eigenvalue weighted by atomic mass is 16.5. The molecule has 2 saturated heterocycles. The summed E-state index contributed by atoms with van der Waals surface area (Å²) >= 11 is 0. The van der Waals surface area contributed by atoms with E-state index in [-0.39, 0.29) is 5.92 Å². The fourth-order valence-electron chi connectivity index (χ4n) is 2.34. The molecule has 2 fully saturated rings. The standard InChI is InChI=1S/C12H19NO2/c1-10-3-2-6-13(9-10)12(14)11-4-7-15-8-5-11/h11H,1-9H2. The third-order valence-corrected chi connectivity index (χ3v) is 3.26. The Kier molecular flexibility index (Phi) is 3.41. The molecule has 0 atom stereocenters. The zero-order valence-electron chi connectivity index (χ0n) is 9.21. The monoisotopic (exact) mass is 209 g/mol. The Morgan fingerprint density at radius 3 is 2.80 bits per heavy atom. The van der Waals surface area contributed by atoms with Crippen LogP contribution in [-0.4, -0.2) is 37.1 Å². The van der Waals surface area contributed by atoms with Crippen molar-refractivity contribution in [1.82, 2.24) is 4.90 Å². The van der Waals surface area contributed by atoms with Gasteiger partial charge in [0.2, 0.25) is 5.91 Å². The minimum Gasteiger partial charge on any atom is -0.381 e. The Bertz CT molecular complexity index is 256. The lowest BCUT2D eigenvalue weighted by Crippen LogP contribution is -2.41. The number of likely N-dealkylation sites (tertiary alicyclic amines) is 1. The molecule has 3 nitrogen and oxygen atoms in total. The van der Waals surface area contributed by atoms with Crippen molar-refractivity contribution in [3.63, 3.8) is 0 Å². The lowest BCUT2D eigenvalue weighted by Gasteiger charge is -2.32. The molecule has 2 aliphatic heterocycles. The Labute approximate surface area is 91.1 Å². The molecule has 0 spiro atoms. The first-order chi connectivity index (χ1) is 7.27. The van der Waals surface area contributed by atoms with Gasteiger partial charge in [0, 0.05) is 32.2 Å². The van der Waals surface area contributed by atoms with E-state index in [1.807, 2.05) is 4.90 Å². The van der Waals surface area contributed by atoms with Crippen LogP contribution in [0.5, 0.6) is 0 Å². The van der Waals surface area contributed by atoms with Crippen molar-refractivity contribution >= 4 is 5.91 Å². The van der Waals surface area contributed by atoms with E-state index < -0.39 is 0 Å². The highest BCUT2D eigenvalue weighted by molar-refractivity contribution is 5.79. The minimum atomic E-state index is 0.199. The van der Waals surface area contributed by atoms with Crippen molar-refractivity contribution in [2.75, 3.05) is 26.3 Å². The molecule has 0 radical (unpaired) electrons. The van der Waals surface area contributed by atoms with E-state index in [0.717, 1.165) is 52.0 Å². The van der Waals surface area contributed by atoms with E-state index in [1.165, 1.54) is 5.57 Å². The van der Waals surface area contributed by atoms with Crippen LogP contribution < -0.4 is 0 Å². The summed E-state index contributed by atoms with van der Waals surface area (Å²) in [5, 5.41) is 0. The van der Waals surface area contributed by atoms with E-state index in [0.29, 0.717) is 5.91 Å². The van der Waals surface area contributed by atoms with Crippen molar-refractivity contribution in [2.24, 2.45) is 5.92 Å². The van der Waals surface area contributed by atoms with Gasteiger partial charge in [-0.2, -0.15) is 0 Å². The first-order valence-corrected chi connectivity index (χ1v) is 5.80. The molecule has 0 N–H and O–H groups in total. The fraction of sp³-hybridized carbons (Fsp3) is 0.750. The molecular weight excluding hydrogens is 190 g/mol. The summed E-state index contributed by atoms with van der Waals surface area (Å²) in [5.41, 5.74) is 1.20. The Morgan fingerprint density at radius 1 is 1.40 bits per heavy atom. The molecule has 0 unspecified atom stereocenters. The van der Waals surface area contributed by atoms with Gasteiger partial charge in [-0.1, -0.05) is 12.2 Å². The van der Waals surface area contributed by atoms with Crippen LogP contribution in [0.4, 0.5) is 0 Å². The number of carbonyl (C=O) groups is 1. The first kappa shape index (κ1) is 10.7. The van der Waals surface area contributed by atoms with Crippen molar-refractivity contribution in [1.29, 1.82) is 0 Å². The van der Waals surface area contributed by atoms with Gasteiger partial charge < -0.3 is 9.64 Å². The van der Waals surface area contributed by atoms with Crippen LogP contribution in [-0.2, 0) is 9.53 Å². The Hall–Kier alpha value is -0.830. The van der Waals surface area contributed by atoms with Gasteiger partial charge in [0.25, 0.3) is 0 Å². The number of carbonyl (C=O) groups excluding carboxylic acids is 1. The second-order valence-corrected chi connectivity index (χ2v) is 4.50. The fourth-order valence-corrected chi connectivity index (χ4v) is 2.34. The minimum absolute atomic E-state index is 0.199. The maximum Gasteiger partial charge on any atom is 0.226 e. The maximum absolute atomic E-state index is 12.1. The van der Waals surface area contributed by atoms with Gasteiger partial charge in [-0.25, -0.2) is 0 Å². The Morgan fingerprint density at radius 2 is 2.13 bits per heavy atom. The van der Waals surface area contributed by atoms with Crippen molar-refractivity contribution in [3.8, 4) is 0 Å². The van der Waals surface area contributed by atoms with Crippen LogP contribution in [0.1, 0.15) is 25.7 Å². The van der Waals surface area contributed by atoms with Crippen molar-refractivity contribution in [3.05, 3.63) is 12.2 Å². The van der Waals surface area contributed by atoms with Crippen molar-refractivity contribution < 1.29 is 9.53 Å². The third-order valence-electron chi connectivity index (χ3n) is 3.26. The molecule has 15 heavy (non-hydrogen) atoms. The van der Waals surface area contributed by atoms with Gasteiger partial charge in [0.1, 0.15) is 0 Å². The average molecular weight is 209 g/mol. The van der Waals surface area contributed by atoms with Crippen molar-refractivity contribution in [2.45, 2.75) is 25.7 Å². The van der Waals surface area contributed by atoms with Gasteiger partial charge in [0.15, 0.2) is 0 Å². The molecule has 84 valence electrons. The van der Waals surface area contributed by atoms with Crippen LogP contribution in [0, 0.1) is 5.92 Å². The highest BCUT2D eigenvalue weighted by Crippen LogP contribution is 2.21. The number of rotatable bonds is 1. The van der Waals surface area contributed by atoms with Gasteiger partial charge in [-0.3, -0.25) is 4.79 Å². The van der Waals surface area contributed by atoms with Crippen LogP contribution >= 0.6 is 0 Å². The van der Waals surface area contributed by atoms with E-state index in [2.05, 4.69) is 6.58 Å². The SMILES string of the molecule is C=C1CCCN(C(=O)C2CCOCC2)C1. The predicted molar refractivity (Wildman–Crippen MR) is 58.5 cm³/mol. The zero-order chi connectivity index (χ0) is 10.7. The molecule has 0 saturated carbocycles. The second kappa shape index (κ2) is 4.79. The Balaban J connectivity index is 1.90. The van der Waals surface area contributed by atoms with E-state index in [1.54, 1.807) is 0 Å². The molecule has 2 rings (SSSR count). The summed E-state index contributed by atoms with van der Waals surface area (Å²) in [5.74, 6) is 0.517. The van der Waals surface area contributed by atoms with Gasteiger partial charge in [-0.15, -0.1) is 0 Å². The number of piperidine rings is 1. The van der Waals surface area contributed by atoms with E-state index >= 15 is 0 Å². The summed E-state index contributed by atoms with van der Waals surface area (Å²) in [6.45, 7) is 7.14. The summed E-state index contributed by atoms with van der Waals surface area (Å²) in [6.07, 6.45) is 3.94. The lowest BCUT2D eigenvalue weighted by atomic mass is 9.96. The third kappa shape index (κ3) is 2.59. The molecule has 0 bridgehead atoms. The van der Waals surface area contributed by atoms with E-state index in [9.17, 15) is 4.79 Å². The quantitative estimate of drug-likeness (QED) is 0.614. The molecular formula is C12H19NO2. The molecule has 2 aliphatic rings. The van der Waals surface area contributed by atoms with Crippen LogP contribution in [0.2, 0.25) is 0 Å². The smallest absolute Gasteiger partial charge is 0.226 e. The van der Waals surface area contributed by atoms with Gasteiger partial charge in [0.05, 0.1) is 0 Å². The number of ether oxygens (including phenoxy) is 1. The van der Waals surface area contributed by atoms with Gasteiger partial charge in [-0.05, 0) is 25.7 Å². The number of nitrogens with zero attached hydrogens (tertiary/aromatic N) is 1. The van der Waals surface area contributed by atoms with Crippen LogP contribution in [0.15, 0.2) is 12.2 Å². The molecule has 1 amide bonds. The normalized spacial score (nSPS) is 24.3. The summed E-state index contributed by atoms with van der Waals surface area (Å²) in [4.78, 5) is 14.1. The predicted octanol–water partition coefficient (Wildman–Crippen LogP) is 1.59. The zero-order valence-corrected chi connectivity index (χ0v) is 9.21. The molecule has 0 aliphatic carbocycles. The average Bonchev–Trinajstić information content (AvgIpc) is 2.29.